The predicted molar refractivity (Wildman–Crippen MR) is 98.6 cm³/mol. The Labute approximate surface area is 151 Å². The molecule has 7 nitrogen and oxygen atoms in total. The normalized spacial score (nSPS) is 19.7. The maximum absolute atomic E-state index is 13.1. The Balaban J connectivity index is 1.70. The molecule has 3 aromatic rings. The average Bonchev–Trinajstić information content (AvgIpc) is 3.27. The third kappa shape index (κ3) is 3.01. The molecular weight excluding hydrogens is 352 g/mol. The van der Waals surface area contributed by atoms with E-state index >= 15 is 0 Å². The zero-order valence-corrected chi connectivity index (χ0v) is 15.2. The highest BCUT2D eigenvalue weighted by molar-refractivity contribution is 7.91. The molecule has 136 valence electrons. The first-order valence-corrected chi connectivity index (χ1v) is 10.4. The maximum atomic E-state index is 13.1. The van der Waals surface area contributed by atoms with Crippen LogP contribution in [0.2, 0.25) is 0 Å². The topological polar surface area (TPSA) is 88.1 Å². The lowest BCUT2D eigenvalue weighted by Crippen LogP contribution is -2.46. The molecule has 8 heteroatoms. The number of aromatic amines is 1. The third-order valence-corrected chi connectivity index (χ3v) is 6.44. The number of nitrogens with one attached hydrogen (secondary N) is 1. The minimum Gasteiger partial charge on any atom is -0.351 e. The lowest BCUT2D eigenvalue weighted by atomic mass is 10.1. The van der Waals surface area contributed by atoms with Crippen LogP contribution >= 0.6 is 0 Å². The summed E-state index contributed by atoms with van der Waals surface area (Å²) in [5.41, 5.74) is 2.11. The fraction of sp³-hybridized carbons (Fsp3) is 0.333. The van der Waals surface area contributed by atoms with Crippen LogP contribution in [0.15, 0.2) is 42.7 Å². The van der Waals surface area contributed by atoms with E-state index in [1.807, 2.05) is 43.5 Å². The monoisotopic (exact) mass is 372 g/mol. The summed E-state index contributed by atoms with van der Waals surface area (Å²) in [5.74, 6) is -0.281. The molecule has 3 heterocycles. The van der Waals surface area contributed by atoms with E-state index in [0.717, 1.165) is 16.5 Å². The van der Waals surface area contributed by atoms with E-state index in [1.165, 1.54) is 0 Å². The minimum atomic E-state index is -3.19. The summed E-state index contributed by atoms with van der Waals surface area (Å²) in [7, 11) is -3.19. The summed E-state index contributed by atoms with van der Waals surface area (Å²) in [6.45, 7) is 2.83. The number of aryl methyl sites for hydroxylation is 1. The van der Waals surface area contributed by atoms with Crippen LogP contribution in [0.25, 0.3) is 10.9 Å². The summed E-state index contributed by atoms with van der Waals surface area (Å²) < 4.78 is 26.1. The number of H-pyrrole nitrogens is 1. The summed E-state index contributed by atoms with van der Waals surface area (Å²) in [5, 5.41) is 5.19. The SMILES string of the molecule is CCn1cc(C2CS(=O)(=O)CCN2C(=O)c2cc3ccccc3[nH]2)cn1. The smallest absolute Gasteiger partial charge is 0.270 e. The Hall–Kier alpha value is -2.61. The lowest BCUT2D eigenvalue weighted by Gasteiger charge is -2.34. The van der Waals surface area contributed by atoms with Crippen LogP contribution in [-0.4, -0.2) is 52.0 Å². The first-order chi connectivity index (χ1) is 12.5. The zero-order valence-electron chi connectivity index (χ0n) is 14.4. The molecule has 1 saturated heterocycles. The Morgan fingerprint density at radius 1 is 1.35 bits per heavy atom. The Morgan fingerprint density at radius 2 is 2.15 bits per heavy atom. The van der Waals surface area contributed by atoms with Crippen molar-refractivity contribution < 1.29 is 13.2 Å². The number of nitrogens with zero attached hydrogens (tertiary/aromatic N) is 3. The molecule has 0 saturated carbocycles. The zero-order chi connectivity index (χ0) is 18.3. The van der Waals surface area contributed by atoms with Crippen LogP contribution < -0.4 is 0 Å². The first kappa shape index (κ1) is 16.8. The number of hydrogen-bond donors (Lipinski definition) is 1. The minimum absolute atomic E-state index is 0.0165. The van der Waals surface area contributed by atoms with Crippen molar-refractivity contribution in [3.8, 4) is 0 Å². The molecule has 26 heavy (non-hydrogen) atoms. The number of rotatable bonds is 3. The summed E-state index contributed by atoms with van der Waals surface area (Å²) in [6, 6.07) is 8.96. The summed E-state index contributed by atoms with van der Waals surface area (Å²) >= 11 is 0. The number of carbonyl (C=O) groups is 1. The fourth-order valence-corrected chi connectivity index (χ4v) is 4.89. The molecule has 0 radical (unpaired) electrons. The third-order valence-electron chi connectivity index (χ3n) is 4.81. The van der Waals surface area contributed by atoms with Crippen molar-refractivity contribution in [1.29, 1.82) is 0 Å². The van der Waals surface area contributed by atoms with E-state index in [4.69, 9.17) is 0 Å². The lowest BCUT2D eigenvalue weighted by molar-refractivity contribution is 0.0692. The number of benzene rings is 1. The van der Waals surface area contributed by atoms with Gasteiger partial charge in [-0.2, -0.15) is 5.10 Å². The Kier molecular flexibility index (Phi) is 4.07. The first-order valence-electron chi connectivity index (χ1n) is 8.58. The van der Waals surface area contributed by atoms with Gasteiger partial charge in [0.25, 0.3) is 5.91 Å². The molecule has 1 fully saturated rings. The fourth-order valence-electron chi connectivity index (χ4n) is 3.39. The van der Waals surface area contributed by atoms with Gasteiger partial charge in [0.2, 0.25) is 0 Å². The van der Waals surface area contributed by atoms with Gasteiger partial charge in [-0.3, -0.25) is 9.48 Å². The van der Waals surface area contributed by atoms with Gasteiger partial charge in [-0.1, -0.05) is 18.2 Å². The highest BCUT2D eigenvalue weighted by Gasteiger charge is 2.36. The van der Waals surface area contributed by atoms with Crippen molar-refractivity contribution >= 4 is 26.6 Å². The number of amides is 1. The molecule has 4 rings (SSSR count). The molecule has 0 aliphatic carbocycles. The quantitative estimate of drug-likeness (QED) is 0.762. The van der Waals surface area contributed by atoms with E-state index in [1.54, 1.807) is 15.8 Å². The van der Waals surface area contributed by atoms with E-state index in [9.17, 15) is 13.2 Å². The van der Waals surface area contributed by atoms with Gasteiger partial charge in [-0.25, -0.2) is 8.42 Å². The van der Waals surface area contributed by atoms with Crippen LogP contribution in [0.5, 0.6) is 0 Å². The standard InChI is InChI=1S/C18H20N4O3S/c1-2-21-11-14(10-19-21)17-12-26(24,25)8-7-22(17)18(23)16-9-13-5-3-4-6-15(13)20-16/h3-6,9-11,17,20H,2,7-8,12H2,1H3. The van der Waals surface area contributed by atoms with Gasteiger partial charge in [0, 0.05) is 35.8 Å². The molecule has 1 atom stereocenters. The number of para-hydroxylation sites is 1. The largest absolute Gasteiger partial charge is 0.351 e. The number of sulfone groups is 1. The Bertz CT molecular complexity index is 1030. The van der Waals surface area contributed by atoms with Gasteiger partial charge in [0.05, 0.1) is 23.7 Å². The van der Waals surface area contributed by atoms with Crippen LogP contribution in [-0.2, 0) is 16.4 Å². The number of fused-ring (bicyclic) bond motifs is 1. The maximum Gasteiger partial charge on any atom is 0.270 e. The van der Waals surface area contributed by atoms with Crippen LogP contribution in [0, 0.1) is 0 Å². The van der Waals surface area contributed by atoms with Crippen molar-refractivity contribution in [2.45, 2.75) is 19.5 Å². The summed E-state index contributed by atoms with van der Waals surface area (Å²) in [6.07, 6.45) is 3.47. The van der Waals surface area contributed by atoms with Crippen LogP contribution in [0.3, 0.4) is 0 Å². The predicted octanol–water partition coefficient (Wildman–Crippen LogP) is 2.00. The van der Waals surface area contributed by atoms with Gasteiger partial charge in [-0.05, 0) is 19.1 Å². The van der Waals surface area contributed by atoms with E-state index in [-0.39, 0.29) is 24.0 Å². The molecule has 1 aliphatic heterocycles. The molecule has 1 aromatic carbocycles. The van der Waals surface area contributed by atoms with Crippen molar-refractivity contribution in [3.05, 3.63) is 54.0 Å². The molecular formula is C18H20N4O3S. The van der Waals surface area contributed by atoms with Crippen LogP contribution in [0.4, 0.5) is 0 Å². The number of carbonyl (C=O) groups excluding carboxylic acids is 1. The van der Waals surface area contributed by atoms with Gasteiger partial charge in [0.1, 0.15) is 5.69 Å². The highest BCUT2D eigenvalue weighted by Crippen LogP contribution is 2.29. The molecule has 0 spiro atoms. The molecule has 1 amide bonds. The molecule has 1 unspecified atom stereocenters. The van der Waals surface area contributed by atoms with Gasteiger partial charge in [-0.15, -0.1) is 0 Å². The summed E-state index contributed by atoms with van der Waals surface area (Å²) in [4.78, 5) is 17.9. The van der Waals surface area contributed by atoms with Crippen molar-refractivity contribution in [2.75, 3.05) is 18.1 Å². The Morgan fingerprint density at radius 3 is 2.88 bits per heavy atom. The second-order valence-corrected chi connectivity index (χ2v) is 8.76. The van der Waals surface area contributed by atoms with E-state index in [0.29, 0.717) is 12.2 Å². The van der Waals surface area contributed by atoms with Gasteiger partial charge in [0.15, 0.2) is 9.84 Å². The number of hydrogen-bond acceptors (Lipinski definition) is 4. The van der Waals surface area contributed by atoms with Crippen molar-refractivity contribution in [1.82, 2.24) is 19.7 Å². The second kappa shape index (κ2) is 6.28. The second-order valence-electron chi connectivity index (χ2n) is 6.53. The van der Waals surface area contributed by atoms with Gasteiger partial charge >= 0.3 is 0 Å². The average molecular weight is 372 g/mol. The number of aromatic nitrogens is 3. The van der Waals surface area contributed by atoms with Crippen LogP contribution in [0.1, 0.15) is 29.0 Å². The van der Waals surface area contributed by atoms with Crippen molar-refractivity contribution in [3.63, 3.8) is 0 Å². The van der Waals surface area contributed by atoms with E-state index < -0.39 is 15.9 Å². The molecule has 1 aliphatic rings. The molecule has 1 N–H and O–H groups in total. The molecule has 2 aromatic heterocycles. The molecule has 0 bridgehead atoms. The van der Waals surface area contributed by atoms with E-state index in [2.05, 4.69) is 10.1 Å². The highest BCUT2D eigenvalue weighted by atomic mass is 32.2. The van der Waals surface area contributed by atoms with Crippen molar-refractivity contribution in [2.24, 2.45) is 0 Å². The van der Waals surface area contributed by atoms with Gasteiger partial charge < -0.3 is 9.88 Å².